The van der Waals surface area contributed by atoms with Gasteiger partial charge in [-0.05, 0) is 47.5 Å². The third-order valence-electron chi connectivity index (χ3n) is 2.80. The van der Waals surface area contributed by atoms with E-state index in [-0.39, 0.29) is 18.6 Å². The maximum atomic E-state index is 12.0. The fraction of sp³-hybridized carbons (Fsp3) is 0.929. The lowest BCUT2D eigenvalue weighted by Crippen LogP contribution is -2.37. The highest BCUT2D eigenvalue weighted by atomic mass is 31.2. The van der Waals surface area contributed by atoms with Gasteiger partial charge in [-0.2, -0.15) is 13.2 Å². The summed E-state index contributed by atoms with van der Waals surface area (Å²) in [6, 6.07) is 0.525. The van der Waals surface area contributed by atoms with Crippen molar-refractivity contribution in [2.24, 2.45) is 0 Å². The molecule has 0 rings (SSSR count). The van der Waals surface area contributed by atoms with Crippen LogP contribution >= 0.6 is 8.53 Å². The maximum absolute atomic E-state index is 12.0. The van der Waals surface area contributed by atoms with Crippen LogP contribution in [0.5, 0.6) is 0 Å². The SMILES string of the molecule is CCOP(OCCCCNC(=O)C(F)(F)F)N(C(C)C)C(C)C. The van der Waals surface area contributed by atoms with E-state index in [1.165, 1.54) is 0 Å². The number of halogens is 3. The van der Waals surface area contributed by atoms with E-state index in [4.69, 9.17) is 9.05 Å². The van der Waals surface area contributed by atoms with Crippen molar-refractivity contribution in [3.63, 3.8) is 0 Å². The molecule has 1 N–H and O–H groups in total. The molecule has 0 radical (unpaired) electrons. The van der Waals surface area contributed by atoms with Gasteiger partial charge in [0.2, 0.25) is 0 Å². The lowest BCUT2D eigenvalue weighted by Gasteiger charge is -2.35. The van der Waals surface area contributed by atoms with Gasteiger partial charge in [0.25, 0.3) is 8.53 Å². The van der Waals surface area contributed by atoms with E-state index >= 15 is 0 Å². The molecule has 0 spiro atoms. The monoisotopic (exact) mass is 360 g/mol. The van der Waals surface area contributed by atoms with Crippen molar-refractivity contribution in [3.8, 4) is 0 Å². The van der Waals surface area contributed by atoms with Gasteiger partial charge in [0.15, 0.2) is 0 Å². The summed E-state index contributed by atoms with van der Waals surface area (Å²) in [5.41, 5.74) is 0. The van der Waals surface area contributed by atoms with Crippen LogP contribution in [0.15, 0.2) is 0 Å². The summed E-state index contributed by atoms with van der Waals surface area (Å²) in [6.45, 7) is 11.0. The van der Waals surface area contributed by atoms with Gasteiger partial charge in [-0.1, -0.05) is 0 Å². The molecule has 138 valence electrons. The second-order valence-corrected chi connectivity index (χ2v) is 6.97. The van der Waals surface area contributed by atoms with Crippen molar-refractivity contribution in [3.05, 3.63) is 0 Å². The molecular weight excluding hydrogens is 332 g/mol. The van der Waals surface area contributed by atoms with Gasteiger partial charge in [0.05, 0.1) is 13.2 Å². The normalized spacial score (nSPS) is 13.9. The highest BCUT2D eigenvalue weighted by Gasteiger charge is 2.38. The number of carbonyl (C=O) groups is 1. The van der Waals surface area contributed by atoms with Gasteiger partial charge >= 0.3 is 12.1 Å². The molecule has 0 aliphatic carbocycles. The first-order chi connectivity index (χ1) is 10.6. The van der Waals surface area contributed by atoms with Gasteiger partial charge in [-0.15, -0.1) is 0 Å². The zero-order chi connectivity index (χ0) is 18.0. The van der Waals surface area contributed by atoms with E-state index < -0.39 is 20.6 Å². The Morgan fingerprint density at radius 2 is 1.70 bits per heavy atom. The topological polar surface area (TPSA) is 50.8 Å². The third kappa shape index (κ3) is 9.45. The molecule has 0 aromatic rings. The van der Waals surface area contributed by atoms with Gasteiger partial charge in [0.1, 0.15) is 0 Å². The lowest BCUT2D eigenvalue weighted by atomic mass is 10.3. The molecule has 0 aliphatic rings. The Morgan fingerprint density at radius 1 is 1.13 bits per heavy atom. The minimum Gasteiger partial charge on any atom is -0.348 e. The largest absolute Gasteiger partial charge is 0.471 e. The number of hydrogen-bond donors (Lipinski definition) is 1. The Morgan fingerprint density at radius 3 is 2.13 bits per heavy atom. The Balaban J connectivity index is 4.13. The van der Waals surface area contributed by atoms with Crippen molar-refractivity contribution >= 4 is 14.4 Å². The minimum atomic E-state index is -4.82. The van der Waals surface area contributed by atoms with Crippen molar-refractivity contribution in [1.82, 2.24) is 9.99 Å². The molecule has 1 amide bonds. The molecule has 0 fully saturated rings. The highest BCUT2D eigenvalue weighted by Crippen LogP contribution is 2.45. The van der Waals surface area contributed by atoms with Crippen LogP contribution in [0.1, 0.15) is 47.5 Å². The molecule has 0 aromatic heterocycles. The van der Waals surface area contributed by atoms with E-state index in [2.05, 4.69) is 32.4 Å². The first-order valence-electron chi connectivity index (χ1n) is 7.80. The first-order valence-corrected chi connectivity index (χ1v) is 8.93. The molecule has 0 aromatic carbocycles. The summed E-state index contributed by atoms with van der Waals surface area (Å²) >= 11 is 0. The van der Waals surface area contributed by atoms with E-state index in [1.54, 1.807) is 0 Å². The van der Waals surface area contributed by atoms with Crippen molar-refractivity contribution in [2.45, 2.75) is 65.7 Å². The fourth-order valence-electron chi connectivity index (χ4n) is 1.93. The van der Waals surface area contributed by atoms with Crippen LogP contribution < -0.4 is 5.32 Å². The smallest absolute Gasteiger partial charge is 0.348 e. The summed E-state index contributed by atoms with van der Waals surface area (Å²) in [4.78, 5) is 10.6. The maximum Gasteiger partial charge on any atom is 0.471 e. The molecule has 1 unspecified atom stereocenters. The predicted octanol–water partition coefficient (Wildman–Crippen LogP) is 3.84. The summed E-state index contributed by atoms with van der Waals surface area (Å²) in [7, 11) is -1.19. The van der Waals surface area contributed by atoms with Crippen LogP contribution in [0.2, 0.25) is 0 Å². The van der Waals surface area contributed by atoms with Crippen LogP contribution in [0.25, 0.3) is 0 Å². The standard InChI is InChI=1S/C14H28F3N2O3P/c1-6-21-23(19(11(2)3)12(4)5)22-10-8-7-9-18-13(20)14(15,16)17/h11-12H,6-10H2,1-5H3,(H,18,20). The van der Waals surface area contributed by atoms with E-state index in [9.17, 15) is 18.0 Å². The number of alkyl halides is 3. The number of amides is 1. The summed E-state index contributed by atoms with van der Waals surface area (Å²) in [5, 5.41) is 1.84. The number of unbranched alkanes of at least 4 members (excludes halogenated alkanes) is 1. The Hall–Kier alpha value is -0.430. The predicted molar refractivity (Wildman–Crippen MR) is 84.9 cm³/mol. The van der Waals surface area contributed by atoms with Crippen LogP contribution in [-0.4, -0.2) is 48.6 Å². The number of nitrogens with zero attached hydrogens (tertiary/aromatic N) is 1. The molecular formula is C14H28F3N2O3P. The van der Waals surface area contributed by atoms with Crippen molar-refractivity contribution < 1.29 is 27.0 Å². The Labute approximate surface area is 137 Å². The number of rotatable bonds is 11. The first kappa shape index (κ1) is 22.6. The Kier molecular flexibility index (Phi) is 11.0. The van der Waals surface area contributed by atoms with Crippen LogP contribution in [0.3, 0.4) is 0 Å². The summed E-state index contributed by atoms with van der Waals surface area (Å²) in [5.74, 6) is -1.90. The van der Waals surface area contributed by atoms with E-state index in [0.29, 0.717) is 26.1 Å². The van der Waals surface area contributed by atoms with Gasteiger partial charge < -0.3 is 14.4 Å². The molecule has 0 aliphatic heterocycles. The van der Waals surface area contributed by atoms with Crippen LogP contribution in [0, 0.1) is 0 Å². The molecule has 1 atom stereocenters. The highest BCUT2D eigenvalue weighted by molar-refractivity contribution is 7.44. The average molecular weight is 360 g/mol. The average Bonchev–Trinajstić information content (AvgIpc) is 2.40. The molecule has 5 nitrogen and oxygen atoms in total. The van der Waals surface area contributed by atoms with Crippen LogP contribution in [0.4, 0.5) is 13.2 Å². The van der Waals surface area contributed by atoms with Gasteiger partial charge in [0, 0.05) is 18.6 Å². The van der Waals surface area contributed by atoms with E-state index in [0.717, 1.165) is 0 Å². The zero-order valence-corrected chi connectivity index (χ0v) is 15.3. The fourth-order valence-corrected chi connectivity index (χ4v) is 3.53. The summed E-state index contributed by atoms with van der Waals surface area (Å²) in [6.07, 6.45) is -3.86. The van der Waals surface area contributed by atoms with Crippen molar-refractivity contribution in [2.75, 3.05) is 19.8 Å². The van der Waals surface area contributed by atoms with Gasteiger partial charge in [-0.3, -0.25) is 4.79 Å². The molecule has 23 heavy (non-hydrogen) atoms. The number of carbonyl (C=O) groups excluding carboxylic acids is 1. The number of hydrogen-bond acceptors (Lipinski definition) is 4. The third-order valence-corrected chi connectivity index (χ3v) is 4.99. The summed E-state index contributed by atoms with van der Waals surface area (Å²) < 4.78 is 49.6. The van der Waals surface area contributed by atoms with Gasteiger partial charge in [-0.25, -0.2) is 4.67 Å². The van der Waals surface area contributed by atoms with Crippen molar-refractivity contribution in [1.29, 1.82) is 0 Å². The molecule has 0 heterocycles. The number of nitrogens with one attached hydrogen (secondary N) is 1. The minimum absolute atomic E-state index is 0.0215. The molecule has 9 heteroatoms. The lowest BCUT2D eigenvalue weighted by molar-refractivity contribution is -0.173. The van der Waals surface area contributed by atoms with Crippen LogP contribution in [-0.2, 0) is 13.8 Å². The molecule has 0 bridgehead atoms. The molecule has 0 saturated heterocycles. The Bertz CT molecular complexity index is 334. The zero-order valence-electron chi connectivity index (χ0n) is 14.4. The second kappa shape index (κ2) is 11.2. The second-order valence-electron chi connectivity index (χ2n) is 5.52. The molecule has 0 saturated carbocycles. The quantitative estimate of drug-likeness (QED) is 0.449. The van der Waals surface area contributed by atoms with E-state index in [1.807, 2.05) is 12.2 Å².